The Bertz CT molecular complexity index is 2370. The van der Waals surface area contributed by atoms with Crippen LogP contribution in [0.4, 0.5) is 0 Å². The number of para-hydroxylation sites is 5. The molecule has 9 aromatic rings. The highest BCUT2D eigenvalue weighted by Gasteiger charge is 2.16. The van der Waals surface area contributed by atoms with Gasteiger partial charge in [0.1, 0.15) is 12.1 Å². The molecule has 0 radical (unpaired) electrons. The van der Waals surface area contributed by atoms with Crippen molar-refractivity contribution in [3.8, 4) is 17.2 Å². The summed E-state index contributed by atoms with van der Waals surface area (Å²) in [4.78, 5) is 9.40. The van der Waals surface area contributed by atoms with Crippen LogP contribution in [0.3, 0.4) is 0 Å². The molecule has 0 atom stereocenters. The number of rotatable bonds is 3. The van der Waals surface area contributed by atoms with Gasteiger partial charge >= 0.3 is 0 Å². The Morgan fingerprint density at radius 2 is 0.951 bits per heavy atom. The molecule has 0 spiro atoms. The van der Waals surface area contributed by atoms with Crippen molar-refractivity contribution in [2.24, 2.45) is 0 Å². The largest absolute Gasteiger partial charge is 0.309 e. The van der Waals surface area contributed by atoms with Crippen LogP contribution < -0.4 is 0 Å². The lowest BCUT2D eigenvalue weighted by Crippen LogP contribution is -1.99. The van der Waals surface area contributed by atoms with Crippen molar-refractivity contribution in [2.45, 2.75) is 0 Å². The van der Waals surface area contributed by atoms with Crippen molar-refractivity contribution in [3.05, 3.63) is 140 Å². The van der Waals surface area contributed by atoms with E-state index in [-0.39, 0.29) is 0 Å². The smallest absolute Gasteiger partial charge is 0.138 e. The predicted molar refractivity (Wildman–Crippen MR) is 168 cm³/mol. The van der Waals surface area contributed by atoms with Crippen molar-refractivity contribution in [3.63, 3.8) is 0 Å². The Balaban J connectivity index is 1.24. The number of hydrogen-bond acceptors (Lipinski definition) is 2. The zero-order valence-corrected chi connectivity index (χ0v) is 22.0. The van der Waals surface area contributed by atoms with Crippen molar-refractivity contribution < 1.29 is 0 Å². The molecule has 0 unspecified atom stereocenters. The van der Waals surface area contributed by atoms with Crippen LogP contribution in [0.5, 0.6) is 0 Å². The first kappa shape index (κ1) is 22.2. The van der Waals surface area contributed by atoms with E-state index in [2.05, 4.69) is 123 Å². The molecular formula is C36H23N5. The first-order valence-electron chi connectivity index (χ1n) is 13.8. The van der Waals surface area contributed by atoms with Gasteiger partial charge in [0.05, 0.1) is 45.0 Å². The van der Waals surface area contributed by atoms with E-state index in [9.17, 15) is 0 Å². The third kappa shape index (κ3) is 3.17. The highest BCUT2D eigenvalue weighted by molar-refractivity contribution is 6.12. The monoisotopic (exact) mass is 525 g/mol. The number of benzene rings is 5. The standard InChI is InChI=1S/C36H23N5/c1-5-13-31-26(9-1)27-10-2-6-14-32(27)40(31)24-17-19-34-29(21-24)28-11-3-7-15-33(28)41(34)25-18-20-36(37-22-25)39-23-38-30-12-4-8-16-35(30)39/h1-23H. The summed E-state index contributed by atoms with van der Waals surface area (Å²) >= 11 is 0. The third-order valence-corrected chi connectivity index (χ3v) is 8.19. The summed E-state index contributed by atoms with van der Waals surface area (Å²) in [5.41, 5.74) is 8.91. The zero-order chi connectivity index (χ0) is 26.9. The second-order valence-electron chi connectivity index (χ2n) is 10.4. The summed E-state index contributed by atoms with van der Waals surface area (Å²) in [7, 11) is 0. The molecule has 5 nitrogen and oxygen atoms in total. The molecule has 4 heterocycles. The van der Waals surface area contributed by atoms with Gasteiger partial charge in [0, 0.05) is 27.2 Å². The summed E-state index contributed by atoms with van der Waals surface area (Å²) in [6, 6.07) is 45.0. The molecule has 0 N–H and O–H groups in total. The topological polar surface area (TPSA) is 40.6 Å². The van der Waals surface area contributed by atoms with Gasteiger partial charge in [-0.15, -0.1) is 0 Å². The van der Waals surface area contributed by atoms with Crippen molar-refractivity contribution in [1.29, 1.82) is 0 Å². The van der Waals surface area contributed by atoms with Gasteiger partial charge in [0.2, 0.25) is 0 Å². The maximum Gasteiger partial charge on any atom is 0.138 e. The minimum Gasteiger partial charge on any atom is -0.309 e. The van der Waals surface area contributed by atoms with E-state index < -0.39 is 0 Å². The molecule has 5 heteroatoms. The summed E-state index contributed by atoms with van der Waals surface area (Å²) in [6.45, 7) is 0. The highest BCUT2D eigenvalue weighted by atomic mass is 15.1. The predicted octanol–water partition coefficient (Wildman–Crippen LogP) is 8.61. The molecule has 0 fully saturated rings. The number of pyridine rings is 1. The molecule has 41 heavy (non-hydrogen) atoms. The lowest BCUT2D eigenvalue weighted by atomic mass is 10.1. The molecule has 5 aromatic carbocycles. The van der Waals surface area contributed by atoms with E-state index in [0.717, 1.165) is 39.3 Å². The van der Waals surface area contributed by atoms with Gasteiger partial charge in [-0.25, -0.2) is 9.97 Å². The van der Waals surface area contributed by atoms with E-state index in [4.69, 9.17) is 4.98 Å². The van der Waals surface area contributed by atoms with E-state index in [1.54, 1.807) is 0 Å². The van der Waals surface area contributed by atoms with E-state index in [1.807, 2.05) is 35.3 Å². The fourth-order valence-electron chi connectivity index (χ4n) is 6.37. The van der Waals surface area contributed by atoms with E-state index in [1.165, 1.54) is 32.6 Å². The Kier molecular flexibility index (Phi) is 4.55. The van der Waals surface area contributed by atoms with Crippen LogP contribution in [0, 0.1) is 0 Å². The fourth-order valence-corrected chi connectivity index (χ4v) is 6.37. The second-order valence-corrected chi connectivity index (χ2v) is 10.4. The fraction of sp³-hybridized carbons (Fsp3) is 0. The quantitative estimate of drug-likeness (QED) is 0.232. The average Bonchev–Trinajstić information content (AvgIpc) is 3.71. The van der Waals surface area contributed by atoms with Crippen LogP contribution in [0.25, 0.3) is 71.8 Å². The van der Waals surface area contributed by atoms with Crippen LogP contribution >= 0.6 is 0 Å². The molecule has 0 amide bonds. The second kappa shape index (κ2) is 8.41. The molecule has 4 aromatic heterocycles. The van der Waals surface area contributed by atoms with E-state index in [0.29, 0.717) is 0 Å². The molecule has 192 valence electrons. The van der Waals surface area contributed by atoms with Crippen molar-refractivity contribution in [1.82, 2.24) is 23.7 Å². The summed E-state index contributed by atoms with van der Waals surface area (Å²) in [6.07, 6.45) is 3.79. The van der Waals surface area contributed by atoms with Crippen LogP contribution in [-0.4, -0.2) is 23.7 Å². The average molecular weight is 526 g/mol. The lowest BCUT2D eigenvalue weighted by molar-refractivity contribution is 1.01. The number of hydrogen-bond donors (Lipinski definition) is 0. The molecule has 0 aliphatic rings. The van der Waals surface area contributed by atoms with Gasteiger partial charge < -0.3 is 9.13 Å². The van der Waals surface area contributed by atoms with E-state index >= 15 is 0 Å². The summed E-state index contributed by atoms with van der Waals surface area (Å²) in [5.74, 6) is 0.844. The van der Waals surface area contributed by atoms with Gasteiger partial charge in [0.25, 0.3) is 0 Å². The number of aromatic nitrogens is 5. The Hall–Kier alpha value is -5.68. The van der Waals surface area contributed by atoms with Crippen LogP contribution in [0.1, 0.15) is 0 Å². The van der Waals surface area contributed by atoms with Crippen molar-refractivity contribution >= 4 is 54.6 Å². The van der Waals surface area contributed by atoms with Crippen LogP contribution in [0.15, 0.2) is 140 Å². The minimum atomic E-state index is 0.844. The molecule has 0 saturated heterocycles. The third-order valence-electron chi connectivity index (χ3n) is 8.19. The van der Waals surface area contributed by atoms with Gasteiger partial charge in [-0.1, -0.05) is 66.7 Å². The van der Waals surface area contributed by atoms with Gasteiger partial charge in [0.15, 0.2) is 0 Å². The molecule has 0 saturated carbocycles. The van der Waals surface area contributed by atoms with Crippen LogP contribution in [0.2, 0.25) is 0 Å². The maximum absolute atomic E-state index is 4.87. The van der Waals surface area contributed by atoms with Gasteiger partial charge in [-0.3, -0.25) is 4.57 Å². The molecular weight excluding hydrogens is 502 g/mol. The van der Waals surface area contributed by atoms with Gasteiger partial charge in [-0.05, 0) is 60.7 Å². The van der Waals surface area contributed by atoms with Crippen molar-refractivity contribution in [2.75, 3.05) is 0 Å². The van der Waals surface area contributed by atoms with Crippen LogP contribution in [-0.2, 0) is 0 Å². The van der Waals surface area contributed by atoms with Gasteiger partial charge in [-0.2, -0.15) is 0 Å². The number of nitrogens with zero attached hydrogens (tertiary/aromatic N) is 5. The first-order chi connectivity index (χ1) is 20.3. The molecule has 9 rings (SSSR count). The Labute approximate surface area is 235 Å². The minimum absolute atomic E-state index is 0.844. The Morgan fingerprint density at radius 3 is 1.61 bits per heavy atom. The summed E-state index contributed by atoms with van der Waals surface area (Å²) in [5, 5.41) is 4.96. The molecule has 0 aliphatic carbocycles. The first-order valence-corrected chi connectivity index (χ1v) is 13.8. The summed E-state index contributed by atoms with van der Waals surface area (Å²) < 4.78 is 6.72. The maximum atomic E-state index is 4.87. The molecule has 0 bridgehead atoms. The number of fused-ring (bicyclic) bond motifs is 7. The normalized spacial score (nSPS) is 11.9. The lowest BCUT2D eigenvalue weighted by Gasteiger charge is -2.11. The molecule has 0 aliphatic heterocycles. The highest BCUT2D eigenvalue weighted by Crippen LogP contribution is 2.36. The Morgan fingerprint density at radius 1 is 0.415 bits per heavy atom. The SMILES string of the molecule is c1ccc2c(c1)ncn2-c1ccc(-n2c3ccccc3c3cc(-n4c5ccccc5c5ccccc54)ccc32)cn1. The number of imidazole rings is 1. The zero-order valence-electron chi connectivity index (χ0n) is 22.0.